The number of esters is 2. The van der Waals surface area contributed by atoms with Gasteiger partial charge >= 0.3 is 11.9 Å². The molecule has 1 aromatic heterocycles. The second-order valence-corrected chi connectivity index (χ2v) is 5.68. The number of aryl methyl sites for hydroxylation is 2. The van der Waals surface area contributed by atoms with Crippen LogP contribution in [0.4, 0.5) is 5.88 Å². The summed E-state index contributed by atoms with van der Waals surface area (Å²) in [6, 6.07) is 7.23. The lowest BCUT2D eigenvalue weighted by molar-refractivity contribution is 0.0499. The van der Waals surface area contributed by atoms with E-state index in [4.69, 9.17) is 19.6 Å². The lowest BCUT2D eigenvalue weighted by atomic mass is 10.0. The number of hydrogen-bond donors (Lipinski definition) is 1. The van der Waals surface area contributed by atoms with Gasteiger partial charge in [0, 0.05) is 5.56 Å². The molecule has 134 valence electrons. The molecule has 1 heterocycles. The van der Waals surface area contributed by atoms with Gasteiger partial charge in [0.1, 0.15) is 5.56 Å². The molecule has 6 heteroatoms. The van der Waals surface area contributed by atoms with Crippen LogP contribution in [0.2, 0.25) is 0 Å². The summed E-state index contributed by atoms with van der Waals surface area (Å²) in [5.74, 6) is -0.756. The molecule has 0 atom stereocenters. The van der Waals surface area contributed by atoms with E-state index in [0.29, 0.717) is 30.6 Å². The minimum absolute atomic E-state index is 0.0621. The molecule has 2 aromatic rings. The maximum absolute atomic E-state index is 11.9. The zero-order chi connectivity index (χ0) is 18.2. The Bertz CT molecular complexity index is 718. The SMILES string of the molecule is CCCCOC(=O)c1ccc(CCc2coc(N)c2C(=O)OC)cc1. The maximum atomic E-state index is 11.9. The van der Waals surface area contributed by atoms with Crippen molar-refractivity contribution in [3.63, 3.8) is 0 Å². The number of carbonyl (C=O) groups excluding carboxylic acids is 2. The van der Waals surface area contributed by atoms with Crippen molar-refractivity contribution in [2.45, 2.75) is 32.6 Å². The summed E-state index contributed by atoms with van der Waals surface area (Å²) in [4.78, 5) is 23.6. The van der Waals surface area contributed by atoms with Gasteiger partial charge in [-0.3, -0.25) is 0 Å². The van der Waals surface area contributed by atoms with Gasteiger partial charge in [0.15, 0.2) is 0 Å². The number of anilines is 1. The summed E-state index contributed by atoms with van der Waals surface area (Å²) in [6.07, 6.45) is 4.57. The molecule has 6 nitrogen and oxygen atoms in total. The van der Waals surface area contributed by atoms with Crippen LogP contribution in [-0.4, -0.2) is 25.7 Å². The van der Waals surface area contributed by atoms with E-state index in [-0.39, 0.29) is 17.4 Å². The molecular weight excluding hydrogens is 322 g/mol. The molecule has 0 amide bonds. The van der Waals surface area contributed by atoms with Gasteiger partial charge < -0.3 is 19.6 Å². The maximum Gasteiger partial charge on any atom is 0.343 e. The predicted molar refractivity (Wildman–Crippen MR) is 93.5 cm³/mol. The first-order valence-corrected chi connectivity index (χ1v) is 8.27. The Labute approximate surface area is 146 Å². The van der Waals surface area contributed by atoms with Crippen molar-refractivity contribution >= 4 is 17.8 Å². The molecule has 0 saturated heterocycles. The van der Waals surface area contributed by atoms with E-state index in [1.807, 2.05) is 19.1 Å². The Morgan fingerprint density at radius 1 is 1.12 bits per heavy atom. The zero-order valence-corrected chi connectivity index (χ0v) is 14.5. The number of methoxy groups -OCH3 is 1. The van der Waals surface area contributed by atoms with Crippen molar-refractivity contribution in [2.75, 3.05) is 19.5 Å². The molecule has 0 aliphatic rings. The molecule has 2 rings (SSSR count). The van der Waals surface area contributed by atoms with E-state index < -0.39 is 5.97 Å². The normalized spacial score (nSPS) is 10.5. The first kappa shape index (κ1) is 18.6. The fourth-order valence-corrected chi connectivity index (χ4v) is 2.41. The van der Waals surface area contributed by atoms with Crippen molar-refractivity contribution in [1.29, 1.82) is 0 Å². The summed E-state index contributed by atoms with van der Waals surface area (Å²) in [7, 11) is 1.30. The standard InChI is InChI=1S/C19H23NO5/c1-3-4-11-24-18(21)14-8-5-13(6-9-14)7-10-15-12-25-17(20)16(15)19(22)23-2/h5-6,8-9,12H,3-4,7,10-11,20H2,1-2H3. The minimum Gasteiger partial charge on any atom is -0.465 e. The number of carbonyl (C=O) groups is 2. The molecule has 2 N–H and O–H groups in total. The van der Waals surface area contributed by atoms with Gasteiger partial charge in [-0.05, 0) is 37.0 Å². The van der Waals surface area contributed by atoms with Crippen molar-refractivity contribution in [2.24, 2.45) is 0 Å². The third-order valence-corrected chi connectivity index (χ3v) is 3.89. The van der Waals surface area contributed by atoms with Crippen molar-refractivity contribution in [3.8, 4) is 0 Å². The number of hydrogen-bond acceptors (Lipinski definition) is 6. The molecule has 25 heavy (non-hydrogen) atoms. The van der Waals surface area contributed by atoms with Gasteiger partial charge in [0.25, 0.3) is 0 Å². The van der Waals surface area contributed by atoms with Crippen LogP contribution in [0.25, 0.3) is 0 Å². The number of furan rings is 1. The van der Waals surface area contributed by atoms with Crippen LogP contribution < -0.4 is 5.73 Å². The summed E-state index contributed by atoms with van der Waals surface area (Å²) < 4.78 is 15.0. The van der Waals surface area contributed by atoms with Crippen molar-refractivity contribution in [1.82, 2.24) is 0 Å². The number of ether oxygens (including phenoxy) is 2. The highest BCUT2D eigenvalue weighted by molar-refractivity contribution is 5.95. The van der Waals surface area contributed by atoms with Crippen LogP contribution in [0, 0.1) is 0 Å². The molecular formula is C19H23NO5. The second kappa shape index (κ2) is 8.92. The zero-order valence-electron chi connectivity index (χ0n) is 14.5. The number of nitrogens with two attached hydrogens (primary N) is 1. The molecule has 1 aromatic carbocycles. The van der Waals surface area contributed by atoms with E-state index in [1.54, 1.807) is 12.1 Å². The van der Waals surface area contributed by atoms with E-state index in [0.717, 1.165) is 18.4 Å². The highest BCUT2D eigenvalue weighted by Crippen LogP contribution is 2.22. The third-order valence-electron chi connectivity index (χ3n) is 3.89. The first-order chi connectivity index (χ1) is 12.1. The number of unbranched alkanes of at least 4 members (excludes halogenated alkanes) is 1. The fourth-order valence-electron chi connectivity index (χ4n) is 2.41. The van der Waals surface area contributed by atoms with Gasteiger partial charge in [-0.1, -0.05) is 25.5 Å². The monoisotopic (exact) mass is 345 g/mol. The molecule has 0 aliphatic heterocycles. The molecule has 0 unspecified atom stereocenters. The van der Waals surface area contributed by atoms with Crippen LogP contribution in [-0.2, 0) is 22.3 Å². The average Bonchev–Trinajstić information content (AvgIpc) is 3.00. The van der Waals surface area contributed by atoms with Gasteiger partial charge in [0.2, 0.25) is 5.88 Å². The van der Waals surface area contributed by atoms with Crippen molar-refractivity contribution < 1.29 is 23.5 Å². The Kier molecular flexibility index (Phi) is 6.62. The summed E-state index contributed by atoms with van der Waals surface area (Å²) in [6.45, 7) is 2.48. The van der Waals surface area contributed by atoms with E-state index in [9.17, 15) is 9.59 Å². The van der Waals surface area contributed by atoms with Crippen molar-refractivity contribution in [3.05, 3.63) is 52.8 Å². The number of benzene rings is 1. The topological polar surface area (TPSA) is 91.8 Å². The molecule has 0 bridgehead atoms. The van der Waals surface area contributed by atoms with Crippen LogP contribution in [0.15, 0.2) is 34.9 Å². The van der Waals surface area contributed by atoms with Gasteiger partial charge in [0.05, 0.1) is 25.5 Å². The van der Waals surface area contributed by atoms with Crippen LogP contribution >= 0.6 is 0 Å². The third kappa shape index (κ3) is 4.86. The first-order valence-electron chi connectivity index (χ1n) is 8.27. The van der Waals surface area contributed by atoms with E-state index in [1.165, 1.54) is 13.4 Å². The Balaban J connectivity index is 1.96. The summed E-state index contributed by atoms with van der Waals surface area (Å²) >= 11 is 0. The Morgan fingerprint density at radius 2 is 1.84 bits per heavy atom. The molecule has 0 fully saturated rings. The number of rotatable bonds is 8. The highest BCUT2D eigenvalue weighted by Gasteiger charge is 2.19. The van der Waals surface area contributed by atoms with Crippen LogP contribution in [0.1, 0.15) is 51.6 Å². The average molecular weight is 345 g/mol. The van der Waals surface area contributed by atoms with Gasteiger partial charge in [-0.2, -0.15) is 0 Å². The Morgan fingerprint density at radius 3 is 2.48 bits per heavy atom. The smallest absolute Gasteiger partial charge is 0.343 e. The van der Waals surface area contributed by atoms with E-state index >= 15 is 0 Å². The molecule has 0 radical (unpaired) electrons. The molecule has 0 spiro atoms. The van der Waals surface area contributed by atoms with Gasteiger partial charge in [-0.15, -0.1) is 0 Å². The lowest BCUT2D eigenvalue weighted by Crippen LogP contribution is -2.07. The minimum atomic E-state index is -0.508. The Hall–Kier alpha value is -2.76. The van der Waals surface area contributed by atoms with Gasteiger partial charge in [-0.25, -0.2) is 9.59 Å². The predicted octanol–water partition coefficient (Wildman–Crippen LogP) is 3.39. The lowest BCUT2D eigenvalue weighted by Gasteiger charge is -2.06. The largest absolute Gasteiger partial charge is 0.465 e. The molecule has 0 saturated carbocycles. The van der Waals surface area contributed by atoms with Crippen LogP contribution in [0.3, 0.4) is 0 Å². The molecule has 0 aliphatic carbocycles. The van der Waals surface area contributed by atoms with E-state index in [2.05, 4.69) is 0 Å². The summed E-state index contributed by atoms with van der Waals surface area (Å²) in [5, 5.41) is 0. The quantitative estimate of drug-likeness (QED) is 0.582. The summed E-state index contributed by atoms with van der Waals surface area (Å²) in [5.41, 5.74) is 8.21. The fraction of sp³-hybridized carbons (Fsp3) is 0.368. The second-order valence-electron chi connectivity index (χ2n) is 5.68. The highest BCUT2D eigenvalue weighted by atomic mass is 16.5. The van der Waals surface area contributed by atoms with Crippen LogP contribution in [0.5, 0.6) is 0 Å². The number of nitrogen functional groups attached to an aromatic ring is 1.